The minimum absolute atomic E-state index is 0.0723. The van der Waals surface area contributed by atoms with Gasteiger partial charge in [-0.3, -0.25) is 4.79 Å². The summed E-state index contributed by atoms with van der Waals surface area (Å²) in [6.07, 6.45) is 6.62. The van der Waals surface area contributed by atoms with Gasteiger partial charge in [0, 0.05) is 39.6 Å². The third kappa shape index (κ3) is 3.47. The van der Waals surface area contributed by atoms with Crippen LogP contribution in [0.25, 0.3) is 10.9 Å². The number of rotatable bonds is 5. The zero-order chi connectivity index (χ0) is 21.6. The largest absolute Gasteiger partial charge is 0.340 e. The van der Waals surface area contributed by atoms with E-state index in [1.54, 1.807) is 6.21 Å². The van der Waals surface area contributed by atoms with Crippen molar-refractivity contribution >= 4 is 34.6 Å². The second kappa shape index (κ2) is 7.83. The van der Waals surface area contributed by atoms with Crippen molar-refractivity contribution in [1.82, 2.24) is 9.99 Å². The molecule has 0 bridgehead atoms. The first kappa shape index (κ1) is 20.3. The minimum Gasteiger partial charge on any atom is -0.340 e. The first-order chi connectivity index (χ1) is 15.0. The van der Waals surface area contributed by atoms with Gasteiger partial charge in [0.15, 0.2) is 0 Å². The molecule has 0 radical (unpaired) electrons. The highest BCUT2D eigenvalue weighted by Gasteiger charge is 2.64. The SMILES string of the molecule is Cc1c(/C=N\NC(=O)[C@@H]2[C@H]3CCCC[C@]32C)c2ccccc2n1Cc1ccccc1Cl. The molecule has 1 amide bonds. The van der Waals surface area contributed by atoms with Crippen LogP contribution in [0.4, 0.5) is 0 Å². The Morgan fingerprint density at radius 1 is 1.23 bits per heavy atom. The van der Waals surface area contributed by atoms with Crippen LogP contribution >= 0.6 is 11.6 Å². The van der Waals surface area contributed by atoms with Crippen LogP contribution < -0.4 is 5.43 Å². The van der Waals surface area contributed by atoms with E-state index in [2.05, 4.69) is 47.1 Å². The number of aromatic nitrogens is 1. The molecule has 5 heteroatoms. The molecule has 4 nitrogen and oxygen atoms in total. The molecule has 2 saturated carbocycles. The van der Waals surface area contributed by atoms with Gasteiger partial charge >= 0.3 is 0 Å². The van der Waals surface area contributed by atoms with Crippen LogP contribution in [-0.4, -0.2) is 16.7 Å². The molecule has 0 unspecified atom stereocenters. The highest BCUT2D eigenvalue weighted by molar-refractivity contribution is 6.31. The topological polar surface area (TPSA) is 46.4 Å². The summed E-state index contributed by atoms with van der Waals surface area (Å²) >= 11 is 6.41. The summed E-state index contributed by atoms with van der Waals surface area (Å²) in [6.45, 7) is 5.04. The van der Waals surface area contributed by atoms with Crippen molar-refractivity contribution in [3.05, 3.63) is 70.4 Å². The molecule has 1 heterocycles. The van der Waals surface area contributed by atoms with Crippen LogP contribution in [0.3, 0.4) is 0 Å². The Morgan fingerprint density at radius 2 is 2.00 bits per heavy atom. The average molecular weight is 434 g/mol. The Balaban J connectivity index is 1.39. The molecule has 2 fully saturated rings. The fourth-order valence-corrected chi connectivity index (χ4v) is 5.90. The number of hydrogen-bond donors (Lipinski definition) is 1. The number of para-hydroxylation sites is 1. The Labute approximate surface area is 188 Å². The molecule has 0 spiro atoms. The number of nitrogens with one attached hydrogen (secondary N) is 1. The summed E-state index contributed by atoms with van der Waals surface area (Å²) < 4.78 is 2.26. The van der Waals surface area contributed by atoms with Crippen molar-refractivity contribution in [3.8, 4) is 0 Å². The Morgan fingerprint density at radius 3 is 2.77 bits per heavy atom. The van der Waals surface area contributed by atoms with Crippen molar-refractivity contribution in [2.24, 2.45) is 22.4 Å². The number of benzene rings is 2. The maximum absolute atomic E-state index is 12.8. The summed E-state index contributed by atoms with van der Waals surface area (Å²) in [7, 11) is 0. The fraction of sp³-hybridized carbons (Fsp3) is 0.385. The molecule has 5 rings (SSSR count). The maximum atomic E-state index is 12.8. The number of carbonyl (C=O) groups is 1. The number of amides is 1. The normalized spacial score (nSPS) is 25.0. The summed E-state index contributed by atoms with van der Waals surface area (Å²) in [5, 5.41) is 6.26. The van der Waals surface area contributed by atoms with E-state index in [4.69, 9.17) is 11.6 Å². The zero-order valence-electron chi connectivity index (χ0n) is 18.1. The summed E-state index contributed by atoms with van der Waals surface area (Å²) in [5.74, 6) is 0.730. The minimum atomic E-state index is 0.0723. The molecule has 31 heavy (non-hydrogen) atoms. The first-order valence-corrected chi connectivity index (χ1v) is 11.5. The standard InChI is InChI=1S/C26H28ClN3O/c1-17-20(15-28-29-25(31)24-21-11-7-8-14-26(21,24)2)19-10-4-6-13-23(19)30(17)16-18-9-3-5-12-22(18)27/h3-6,9-10,12-13,15,21,24H,7-8,11,14,16H2,1-2H3,(H,29,31)/b28-15-/t21-,24+,26-/m1/s1. The van der Waals surface area contributed by atoms with Crippen molar-refractivity contribution < 1.29 is 4.79 Å². The molecule has 1 N–H and O–H groups in total. The Bertz CT molecular complexity index is 1180. The number of carbonyl (C=O) groups excluding carboxylic acids is 1. The van der Waals surface area contributed by atoms with E-state index < -0.39 is 0 Å². The summed E-state index contributed by atoms with van der Waals surface area (Å²) in [4.78, 5) is 12.8. The van der Waals surface area contributed by atoms with Crippen molar-refractivity contribution in [1.29, 1.82) is 0 Å². The van der Waals surface area contributed by atoms with E-state index in [0.717, 1.165) is 39.2 Å². The van der Waals surface area contributed by atoms with E-state index in [0.29, 0.717) is 12.5 Å². The average Bonchev–Trinajstić information content (AvgIpc) is 3.33. The van der Waals surface area contributed by atoms with Gasteiger partial charge in [-0.1, -0.05) is 67.8 Å². The molecular formula is C26H28ClN3O. The number of fused-ring (bicyclic) bond motifs is 2. The molecule has 0 aliphatic heterocycles. The second-order valence-corrected chi connectivity index (χ2v) is 9.67. The lowest BCUT2D eigenvalue weighted by Crippen LogP contribution is -2.22. The third-order valence-corrected chi connectivity index (χ3v) is 7.92. The summed E-state index contributed by atoms with van der Waals surface area (Å²) in [6, 6.07) is 16.2. The van der Waals surface area contributed by atoms with E-state index in [9.17, 15) is 4.79 Å². The number of hydrogen-bond acceptors (Lipinski definition) is 2. The molecule has 160 valence electrons. The van der Waals surface area contributed by atoms with Crippen molar-refractivity contribution in [3.63, 3.8) is 0 Å². The van der Waals surface area contributed by atoms with Crippen LogP contribution in [0.15, 0.2) is 53.6 Å². The van der Waals surface area contributed by atoms with E-state index >= 15 is 0 Å². The van der Waals surface area contributed by atoms with Gasteiger partial charge in [-0.05, 0) is 48.8 Å². The van der Waals surface area contributed by atoms with Crippen LogP contribution in [0.5, 0.6) is 0 Å². The molecule has 1 aromatic heterocycles. The van der Waals surface area contributed by atoms with Crippen molar-refractivity contribution in [2.45, 2.75) is 46.1 Å². The lowest BCUT2D eigenvalue weighted by molar-refractivity contribution is -0.123. The Kier molecular flexibility index (Phi) is 5.13. The molecule has 2 aromatic carbocycles. The van der Waals surface area contributed by atoms with Gasteiger partial charge in [-0.2, -0.15) is 5.10 Å². The molecule has 0 saturated heterocycles. The smallest absolute Gasteiger partial charge is 0.244 e. The van der Waals surface area contributed by atoms with Crippen LogP contribution in [-0.2, 0) is 11.3 Å². The fourth-order valence-electron chi connectivity index (χ4n) is 5.70. The highest BCUT2D eigenvalue weighted by atomic mass is 35.5. The molecule has 2 aliphatic carbocycles. The number of halogens is 1. The predicted molar refractivity (Wildman–Crippen MR) is 127 cm³/mol. The van der Waals surface area contributed by atoms with Gasteiger partial charge in [0.05, 0.1) is 6.21 Å². The lowest BCUT2D eigenvalue weighted by atomic mass is 9.90. The maximum Gasteiger partial charge on any atom is 0.244 e. The monoisotopic (exact) mass is 433 g/mol. The zero-order valence-corrected chi connectivity index (χ0v) is 18.8. The van der Waals surface area contributed by atoms with Gasteiger partial charge in [0.2, 0.25) is 5.91 Å². The van der Waals surface area contributed by atoms with Crippen LogP contribution in [0.1, 0.15) is 49.4 Å². The van der Waals surface area contributed by atoms with Gasteiger partial charge in [0.25, 0.3) is 0 Å². The van der Waals surface area contributed by atoms with Gasteiger partial charge in [-0.15, -0.1) is 0 Å². The first-order valence-electron chi connectivity index (χ1n) is 11.1. The quantitative estimate of drug-likeness (QED) is 0.393. The number of hydrazone groups is 1. The van der Waals surface area contributed by atoms with E-state index in [1.807, 2.05) is 30.3 Å². The number of nitrogens with zero attached hydrogens (tertiary/aromatic N) is 2. The summed E-state index contributed by atoms with van der Waals surface area (Å²) in [5.41, 5.74) is 7.37. The molecular weight excluding hydrogens is 406 g/mol. The Hall–Kier alpha value is -2.59. The third-order valence-electron chi connectivity index (χ3n) is 7.55. The van der Waals surface area contributed by atoms with Gasteiger partial charge < -0.3 is 4.57 Å². The molecule has 3 aromatic rings. The van der Waals surface area contributed by atoms with Gasteiger partial charge in [-0.25, -0.2) is 5.43 Å². The van der Waals surface area contributed by atoms with Crippen LogP contribution in [0, 0.1) is 24.2 Å². The van der Waals surface area contributed by atoms with Crippen LogP contribution in [0.2, 0.25) is 5.02 Å². The van der Waals surface area contributed by atoms with Crippen molar-refractivity contribution in [2.75, 3.05) is 0 Å². The molecule has 2 aliphatic rings. The predicted octanol–water partition coefficient (Wildman–Crippen LogP) is 5.93. The van der Waals surface area contributed by atoms with E-state index in [1.165, 1.54) is 19.3 Å². The van der Waals surface area contributed by atoms with Gasteiger partial charge in [0.1, 0.15) is 0 Å². The molecule has 3 atom stereocenters. The highest BCUT2D eigenvalue weighted by Crippen LogP contribution is 2.66. The second-order valence-electron chi connectivity index (χ2n) is 9.26. The lowest BCUT2D eigenvalue weighted by Gasteiger charge is -2.15. The van der Waals surface area contributed by atoms with E-state index in [-0.39, 0.29) is 17.2 Å².